The van der Waals surface area contributed by atoms with Crippen LogP contribution in [0.2, 0.25) is 0 Å². The fraction of sp³-hybridized carbons (Fsp3) is 0. The average molecular weight is 916 g/mol. The molecule has 14 rings (SSSR count). The number of para-hydroxylation sites is 1. The van der Waals surface area contributed by atoms with Gasteiger partial charge in [-0.1, -0.05) is 218 Å². The van der Waals surface area contributed by atoms with Gasteiger partial charge in [0, 0.05) is 33.1 Å². The maximum absolute atomic E-state index is 6.74. The molecule has 0 unspecified atom stereocenters. The van der Waals surface area contributed by atoms with Gasteiger partial charge in [-0.05, 0) is 142 Å². The van der Waals surface area contributed by atoms with E-state index in [4.69, 9.17) is 4.42 Å². The summed E-state index contributed by atoms with van der Waals surface area (Å²) in [4.78, 5) is 2.42. The second-order valence-corrected chi connectivity index (χ2v) is 18.7. The Bertz CT molecular complexity index is 4380. The van der Waals surface area contributed by atoms with Gasteiger partial charge in [0.1, 0.15) is 11.2 Å². The molecule has 0 fully saturated rings. The minimum absolute atomic E-state index is 0.873. The van der Waals surface area contributed by atoms with E-state index in [2.05, 4.69) is 278 Å². The van der Waals surface area contributed by atoms with Crippen LogP contribution in [0, 0.1) is 0 Å². The van der Waals surface area contributed by atoms with Crippen molar-refractivity contribution in [1.29, 1.82) is 0 Å². The molecule has 0 saturated carbocycles. The lowest BCUT2D eigenvalue weighted by Crippen LogP contribution is -2.11. The Morgan fingerprint density at radius 2 is 0.806 bits per heavy atom. The third-order valence-electron chi connectivity index (χ3n) is 14.6. The first-order chi connectivity index (χ1) is 35.7. The number of hydrogen-bond acceptors (Lipinski definition) is 2. The van der Waals surface area contributed by atoms with E-state index in [0.29, 0.717) is 0 Å². The van der Waals surface area contributed by atoms with Crippen molar-refractivity contribution in [2.75, 3.05) is 4.90 Å². The summed E-state index contributed by atoms with van der Waals surface area (Å²) in [5, 5.41) is 11.9. The molecule has 1 heterocycles. The van der Waals surface area contributed by atoms with Crippen molar-refractivity contribution < 1.29 is 4.42 Å². The third kappa shape index (κ3) is 6.95. The van der Waals surface area contributed by atoms with Gasteiger partial charge in [-0.2, -0.15) is 0 Å². The molecule has 72 heavy (non-hydrogen) atoms. The molecule has 0 radical (unpaired) electrons. The molecule has 0 saturated heterocycles. The van der Waals surface area contributed by atoms with Gasteiger partial charge >= 0.3 is 0 Å². The van der Waals surface area contributed by atoms with E-state index in [1.165, 1.54) is 60.1 Å². The molecule has 2 nitrogen and oxygen atoms in total. The molecule has 0 aliphatic carbocycles. The molecule has 0 atom stereocenters. The van der Waals surface area contributed by atoms with Gasteiger partial charge in [0.15, 0.2) is 0 Å². The van der Waals surface area contributed by atoms with Gasteiger partial charge in [0.25, 0.3) is 0 Å². The Hall–Kier alpha value is -9.50. The lowest BCUT2D eigenvalue weighted by Gasteiger charge is -2.28. The summed E-state index contributed by atoms with van der Waals surface area (Å²) in [5.41, 5.74) is 16.8. The van der Waals surface area contributed by atoms with Gasteiger partial charge in [0.2, 0.25) is 0 Å². The van der Waals surface area contributed by atoms with Crippen molar-refractivity contribution in [1.82, 2.24) is 0 Å². The highest BCUT2D eigenvalue weighted by atomic mass is 16.3. The number of rotatable bonds is 8. The van der Waals surface area contributed by atoms with Crippen LogP contribution in [0.25, 0.3) is 121 Å². The summed E-state index contributed by atoms with van der Waals surface area (Å²) in [5.74, 6) is 0. The maximum atomic E-state index is 6.74. The summed E-state index contributed by atoms with van der Waals surface area (Å²) in [6.45, 7) is 0. The molecule has 2 heteroatoms. The molecule has 0 bridgehead atoms. The van der Waals surface area contributed by atoms with Crippen molar-refractivity contribution in [3.8, 4) is 55.6 Å². The monoisotopic (exact) mass is 915 g/mol. The molecule has 13 aromatic carbocycles. The van der Waals surface area contributed by atoms with Gasteiger partial charge in [-0.15, -0.1) is 0 Å². The van der Waals surface area contributed by atoms with Crippen molar-refractivity contribution in [2.24, 2.45) is 0 Å². The summed E-state index contributed by atoms with van der Waals surface area (Å²) >= 11 is 0. The number of fused-ring (bicyclic) bond motifs is 9. The summed E-state index contributed by atoms with van der Waals surface area (Å²) in [7, 11) is 0. The quantitative estimate of drug-likeness (QED) is 0.141. The van der Waals surface area contributed by atoms with Crippen molar-refractivity contribution in [3.05, 3.63) is 273 Å². The van der Waals surface area contributed by atoms with Crippen molar-refractivity contribution >= 4 is 82.1 Å². The Balaban J connectivity index is 0.951. The largest absolute Gasteiger partial charge is 0.455 e. The second kappa shape index (κ2) is 17.2. The fourth-order valence-electron chi connectivity index (χ4n) is 11.3. The lowest BCUT2D eigenvalue weighted by atomic mass is 9.84. The van der Waals surface area contributed by atoms with E-state index < -0.39 is 0 Å². The predicted octanol–water partition coefficient (Wildman–Crippen LogP) is 20.0. The van der Waals surface area contributed by atoms with E-state index in [0.717, 1.165) is 77.6 Å². The minimum atomic E-state index is 0.873. The summed E-state index contributed by atoms with van der Waals surface area (Å²) in [6, 6.07) is 99.3. The second-order valence-electron chi connectivity index (χ2n) is 18.7. The van der Waals surface area contributed by atoms with Crippen LogP contribution in [0.1, 0.15) is 0 Å². The van der Waals surface area contributed by atoms with Crippen LogP contribution in [0.5, 0.6) is 0 Å². The fourth-order valence-corrected chi connectivity index (χ4v) is 11.3. The number of nitrogens with zero attached hydrogens (tertiary/aromatic N) is 1. The van der Waals surface area contributed by atoms with E-state index >= 15 is 0 Å². The Labute approximate surface area is 417 Å². The van der Waals surface area contributed by atoms with E-state index in [1.54, 1.807) is 0 Å². The molecule has 1 aromatic heterocycles. The van der Waals surface area contributed by atoms with Gasteiger partial charge in [-0.25, -0.2) is 0 Å². The minimum Gasteiger partial charge on any atom is -0.455 e. The predicted molar refractivity (Wildman–Crippen MR) is 306 cm³/mol. The maximum Gasteiger partial charge on any atom is 0.143 e. The summed E-state index contributed by atoms with van der Waals surface area (Å²) < 4.78 is 6.74. The topological polar surface area (TPSA) is 16.4 Å². The van der Waals surface area contributed by atoms with Crippen LogP contribution in [0.4, 0.5) is 17.1 Å². The van der Waals surface area contributed by atoms with E-state index in [-0.39, 0.29) is 0 Å². The molecule has 0 N–H and O–H groups in total. The van der Waals surface area contributed by atoms with Crippen LogP contribution >= 0.6 is 0 Å². The molecular formula is C70H45NO. The van der Waals surface area contributed by atoms with Crippen LogP contribution in [-0.2, 0) is 0 Å². The highest BCUT2D eigenvalue weighted by molar-refractivity contribution is 6.23. The van der Waals surface area contributed by atoms with Crippen LogP contribution in [0.3, 0.4) is 0 Å². The smallest absolute Gasteiger partial charge is 0.143 e. The first-order valence-corrected chi connectivity index (χ1v) is 24.7. The molecular weight excluding hydrogens is 871 g/mol. The summed E-state index contributed by atoms with van der Waals surface area (Å²) in [6.07, 6.45) is 0. The molecule has 336 valence electrons. The van der Waals surface area contributed by atoms with Gasteiger partial charge in [-0.3, -0.25) is 0 Å². The van der Waals surface area contributed by atoms with Crippen LogP contribution in [-0.4, -0.2) is 0 Å². The molecule has 0 amide bonds. The SMILES string of the molecule is c1ccc(-c2c(-c3ccccc3)c3cc(-c4ccc(N(c5cccc(-c6ccc7ccccc7c6)c5)c5ccccc5-c5cccc6oc7c8ccccc8ccc7c56)cc4)ccc3c3ccccc23)cc1. The zero-order valence-corrected chi connectivity index (χ0v) is 39.3. The number of furan rings is 1. The molecule has 0 aliphatic heterocycles. The molecule has 14 aromatic rings. The molecule has 0 spiro atoms. The van der Waals surface area contributed by atoms with Crippen molar-refractivity contribution in [3.63, 3.8) is 0 Å². The average Bonchev–Trinajstić information content (AvgIpc) is 3.85. The van der Waals surface area contributed by atoms with Crippen molar-refractivity contribution in [2.45, 2.75) is 0 Å². The number of anilines is 3. The van der Waals surface area contributed by atoms with Gasteiger partial charge < -0.3 is 9.32 Å². The van der Waals surface area contributed by atoms with Gasteiger partial charge in [0.05, 0.1) is 5.69 Å². The highest BCUT2D eigenvalue weighted by Gasteiger charge is 2.23. The standard InChI is InChI=1S/C70H45NO/c1-3-19-49(20-4-1)67-61-29-12-11-27-58(61)59-41-38-54(45-64(59)68(67)50-21-5-2-6-22-50)47-35-39-55(40-36-47)71(56-25-15-24-52(44-56)53-34-33-46-17-7-8-23-51(46)43-53)65-31-14-13-28-60(65)62-30-16-32-66-69(62)63-42-37-48-18-9-10-26-57(48)70(63)72-66/h1-45H. The van der Waals surface area contributed by atoms with Crippen LogP contribution < -0.4 is 4.90 Å². The first kappa shape index (κ1) is 41.5. The zero-order valence-electron chi connectivity index (χ0n) is 39.3. The first-order valence-electron chi connectivity index (χ1n) is 24.7. The lowest BCUT2D eigenvalue weighted by molar-refractivity contribution is 0.673. The number of hydrogen-bond donors (Lipinski definition) is 0. The van der Waals surface area contributed by atoms with E-state index in [1.807, 2.05) is 0 Å². The Morgan fingerprint density at radius 1 is 0.264 bits per heavy atom. The number of benzene rings is 13. The highest BCUT2D eigenvalue weighted by Crippen LogP contribution is 2.48. The van der Waals surface area contributed by atoms with Crippen LogP contribution in [0.15, 0.2) is 277 Å². The normalized spacial score (nSPS) is 11.6. The van der Waals surface area contributed by atoms with E-state index in [9.17, 15) is 0 Å². The Kier molecular flexibility index (Phi) is 9.89. The third-order valence-corrected chi connectivity index (χ3v) is 14.6. The Morgan fingerprint density at radius 3 is 1.61 bits per heavy atom. The zero-order chi connectivity index (χ0) is 47.5. The molecule has 0 aliphatic rings.